The van der Waals surface area contributed by atoms with E-state index in [1.807, 2.05) is 18.3 Å². The third-order valence-electron chi connectivity index (χ3n) is 5.77. The topological polar surface area (TPSA) is 81.2 Å². The molecule has 1 amide bonds. The van der Waals surface area contributed by atoms with Crippen LogP contribution in [-0.4, -0.2) is 34.1 Å². The number of amides is 1. The summed E-state index contributed by atoms with van der Waals surface area (Å²) < 4.78 is 0. The molecule has 4 aromatic rings. The predicted molar refractivity (Wildman–Crippen MR) is 127 cm³/mol. The van der Waals surface area contributed by atoms with E-state index in [0.29, 0.717) is 11.3 Å². The van der Waals surface area contributed by atoms with Crippen molar-refractivity contribution in [1.82, 2.24) is 9.97 Å². The highest BCUT2D eigenvalue weighted by atomic mass is 16.3. The fourth-order valence-electron chi connectivity index (χ4n) is 3.97. The van der Waals surface area contributed by atoms with Gasteiger partial charge in [-0.15, -0.1) is 0 Å². The zero-order valence-corrected chi connectivity index (χ0v) is 17.6. The normalized spacial score (nSPS) is 13.3. The Hall–Kier alpha value is -4.06. The molecule has 32 heavy (non-hydrogen) atoms. The van der Waals surface area contributed by atoms with Gasteiger partial charge in [0, 0.05) is 35.6 Å². The second kappa shape index (κ2) is 8.59. The largest absolute Gasteiger partial charge is 0.508 e. The summed E-state index contributed by atoms with van der Waals surface area (Å²) in [5.74, 6) is 0.710. The highest BCUT2D eigenvalue weighted by Crippen LogP contribution is 2.26. The van der Waals surface area contributed by atoms with Gasteiger partial charge in [-0.05, 0) is 66.9 Å². The summed E-state index contributed by atoms with van der Waals surface area (Å²) in [5, 5.41) is 12.2. The van der Waals surface area contributed by atoms with E-state index in [9.17, 15) is 9.90 Å². The summed E-state index contributed by atoms with van der Waals surface area (Å²) in [7, 11) is 0. The molecule has 1 aromatic heterocycles. The highest BCUT2D eigenvalue weighted by Gasteiger charge is 2.13. The minimum Gasteiger partial charge on any atom is -0.508 e. The SMILES string of the molecule is O=C(Nc1ccc(O)cc1)c1ccc(-c2ncc(-c3ccc(N4CCCC4)cc3)[nH]2)cc1. The number of phenolic OH excluding ortho intramolecular Hbond substituents is 1. The number of phenols is 1. The molecule has 160 valence electrons. The van der Waals surface area contributed by atoms with Crippen LogP contribution in [0.2, 0.25) is 0 Å². The van der Waals surface area contributed by atoms with Crippen molar-refractivity contribution >= 4 is 17.3 Å². The van der Waals surface area contributed by atoms with Gasteiger partial charge in [0.15, 0.2) is 0 Å². The lowest BCUT2D eigenvalue weighted by atomic mass is 10.1. The smallest absolute Gasteiger partial charge is 0.255 e. The third-order valence-corrected chi connectivity index (χ3v) is 5.77. The number of aromatic nitrogens is 2. The minimum atomic E-state index is -0.208. The van der Waals surface area contributed by atoms with Crippen LogP contribution in [0.5, 0.6) is 5.75 Å². The van der Waals surface area contributed by atoms with Crippen LogP contribution in [0.3, 0.4) is 0 Å². The maximum atomic E-state index is 12.5. The van der Waals surface area contributed by atoms with Crippen LogP contribution in [0, 0.1) is 0 Å². The van der Waals surface area contributed by atoms with Crippen LogP contribution >= 0.6 is 0 Å². The molecular formula is C26H24N4O2. The molecule has 1 fully saturated rings. The van der Waals surface area contributed by atoms with Crippen LogP contribution in [0.25, 0.3) is 22.6 Å². The number of aromatic amines is 1. The monoisotopic (exact) mass is 424 g/mol. The quantitative estimate of drug-likeness (QED) is 0.380. The molecule has 0 spiro atoms. The molecule has 0 bridgehead atoms. The number of aromatic hydroxyl groups is 1. The van der Waals surface area contributed by atoms with E-state index in [0.717, 1.165) is 35.7 Å². The molecular weight excluding hydrogens is 400 g/mol. The average Bonchev–Trinajstić information content (AvgIpc) is 3.54. The zero-order valence-electron chi connectivity index (χ0n) is 17.6. The number of benzene rings is 3. The van der Waals surface area contributed by atoms with Gasteiger partial charge in [-0.25, -0.2) is 4.98 Å². The first-order chi connectivity index (χ1) is 15.7. The molecule has 0 unspecified atom stereocenters. The van der Waals surface area contributed by atoms with Crippen molar-refractivity contribution in [1.29, 1.82) is 0 Å². The zero-order chi connectivity index (χ0) is 21.9. The van der Waals surface area contributed by atoms with Crippen molar-refractivity contribution in [3.63, 3.8) is 0 Å². The molecule has 3 aromatic carbocycles. The number of hydrogen-bond donors (Lipinski definition) is 3. The van der Waals surface area contributed by atoms with Gasteiger partial charge in [-0.3, -0.25) is 4.79 Å². The van der Waals surface area contributed by atoms with Gasteiger partial charge in [0.2, 0.25) is 0 Å². The Labute approximate surface area is 186 Å². The van der Waals surface area contributed by atoms with Crippen LogP contribution in [0.4, 0.5) is 11.4 Å². The Balaban J connectivity index is 1.27. The molecule has 0 atom stereocenters. The van der Waals surface area contributed by atoms with Gasteiger partial charge >= 0.3 is 0 Å². The van der Waals surface area contributed by atoms with Gasteiger partial charge in [0.1, 0.15) is 11.6 Å². The average molecular weight is 425 g/mol. The Morgan fingerprint density at radius 2 is 1.53 bits per heavy atom. The van der Waals surface area contributed by atoms with E-state index in [1.165, 1.54) is 30.7 Å². The molecule has 6 nitrogen and oxygen atoms in total. The van der Waals surface area contributed by atoms with Gasteiger partial charge in [0.25, 0.3) is 5.91 Å². The second-order valence-electron chi connectivity index (χ2n) is 7.96. The molecule has 2 heterocycles. The predicted octanol–water partition coefficient (Wildman–Crippen LogP) is 5.30. The third kappa shape index (κ3) is 4.21. The number of anilines is 2. The van der Waals surface area contributed by atoms with Crippen LogP contribution in [-0.2, 0) is 0 Å². The number of H-pyrrole nitrogens is 1. The first-order valence-corrected chi connectivity index (χ1v) is 10.8. The van der Waals surface area contributed by atoms with Gasteiger partial charge in [-0.1, -0.05) is 24.3 Å². The number of imidazole rings is 1. The van der Waals surface area contributed by atoms with Crippen LogP contribution in [0.15, 0.2) is 79.0 Å². The van der Waals surface area contributed by atoms with E-state index in [1.54, 1.807) is 24.3 Å². The molecule has 5 rings (SSSR count). The molecule has 0 aliphatic carbocycles. The first-order valence-electron chi connectivity index (χ1n) is 10.8. The highest BCUT2D eigenvalue weighted by molar-refractivity contribution is 6.04. The summed E-state index contributed by atoms with van der Waals surface area (Å²) in [6.07, 6.45) is 4.37. The Kier molecular flexibility index (Phi) is 5.34. The van der Waals surface area contributed by atoms with Crippen molar-refractivity contribution in [3.8, 4) is 28.4 Å². The lowest BCUT2D eigenvalue weighted by Gasteiger charge is -2.17. The van der Waals surface area contributed by atoms with Crippen molar-refractivity contribution < 1.29 is 9.90 Å². The number of rotatable bonds is 5. The minimum absolute atomic E-state index is 0.160. The number of carbonyl (C=O) groups is 1. The molecule has 1 saturated heterocycles. The number of nitrogens with one attached hydrogen (secondary N) is 2. The second-order valence-corrected chi connectivity index (χ2v) is 7.96. The van der Waals surface area contributed by atoms with E-state index >= 15 is 0 Å². The van der Waals surface area contributed by atoms with Crippen LogP contribution in [0.1, 0.15) is 23.2 Å². The van der Waals surface area contributed by atoms with Crippen molar-refractivity contribution in [2.75, 3.05) is 23.3 Å². The maximum absolute atomic E-state index is 12.5. The number of carbonyl (C=O) groups excluding carboxylic acids is 1. The first kappa shape index (κ1) is 19.9. The fourth-order valence-corrected chi connectivity index (χ4v) is 3.97. The number of hydrogen-bond acceptors (Lipinski definition) is 4. The maximum Gasteiger partial charge on any atom is 0.255 e. The van der Waals surface area contributed by atoms with Crippen molar-refractivity contribution in [2.45, 2.75) is 12.8 Å². The molecule has 1 aliphatic heterocycles. The van der Waals surface area contributed by atoms with E-state index in [2.05, 4.69) is 44.5 Å². The molecule has 1 aliphatic rings. The molecule has 6 heteroatoms. The summed E-state index contributed by atoms with van der Waals surface area (Å²) >= 11 is 0. The van der Waals surface area contributed by atoms with E-state index in [4.69, 9.17) is 0 Å². The Morgan fingerprint density at radius 1 is 0.875 bits per heavy atom. The standard InChI is InChI=1S/C26H24N4O2/c31-23-13-9-21(10-14-23)28-26(32)20-5-3-19(4-6-20)25-27-17-24(29-25)18-7-11-22(12-8-18)30-15-1-2-16-30/h3-14,17,31H,1-2,15-16H2,(H,27,29)(H,28,32). The summed E-state index contributed by atoms with van der Waals surface area (Å²) in [6, 6.07) is 22.3. The summed E-state index contributed by atoms with van der Waals surface area (Å²) in [6.45, 7) is 2.27. The fraction of sp³-hybridized carbons (Fsp3) is 0.154. The Bertz CT molecular complexity index is 1210. The van der Waals surface area contributed by atoms with Crippen molar-refractivity contribution in [2.24, 2.45) is 0 Å². The van der Waals surface area contributed by atoms with Crippen LogP contribution < -0.4 is 10.2 Å². The van der Waals surface area contributed by atoms with Gasteiger partial charge < -0.3 is 20.3 Å². The van der Waals surface area contributed by atoms with E-state index in [-0.39, 0.29) is 11.7 Å². The number of nitrogens with zero attached hydrogens (tertiary/aromatic N) is 2. The lowest BCUT2D eigenvalue weighted by molar-refractivity contribution is 0.102. The lowest BCUT2D eigenvalue weighted by Crippen LogP contribution is -2.17. The van der Waals surface area contributed by atoms with Crippen molar-refractivity contribution in [3.05, 3.63) is 84.6 Å². The molecule has 3 N–H and O–H groups in total. The molecule has 0 saturated carbocycles. The summed E-state index contributed by atoms with van der Waals surface area (Å²) in [4.78, 5) is 22.8. The molecule has 0 radical (unpaired) electrons. The van der Waals surface area contributed by atoms with Gasteiger partial charge in [-0.2, -0.15) is 0 Å². The Morgan fingerprint density at radius 3 is 2.22 bits per heavy atom. The summed E-state index contributed by atoms with van der Waals surface area (Å²) in [5.41, 5.74) is 5.41. The van der Waals surface area contributed by atoms with E-state index < -0.39 is 0 Å². The van der Waals surface area contributed by atoms with Gasteiger partial charge in [0.05, 0.1) is 11.9 Å².